The minimum atomic E-state index is 0.328. The third kappa shape index (κ3) is 2.34. The summed E-state index contributed by atoms with van der Waals surface area (Å²) in [6.07, 6.45) is 1.95. The van der Waals surface area contributed by atoms with E-state index in [1.165, 1.54) is 0 Å². The third-order valence-electron chi connectivity index (χ3n) is 1.06. The highest BCUT2D eigenvalue weighted by Crippen LogP contribution is 2.11. The normalized spacial score (nSPS) is 12.1. The molecule has 1 aromatic rings. The van der Waals surface area contributed by atoms with E-state index in [9.17, 15) is 0 Å². The Balaban J connectivity index is 2.78. The highest BCUT2D eigenvalue weighted by atomic mass is 32.2. The van der Waals surface area contributed by atoms with Crippen LogP contribution in [0.25, 0.3) is 0 Å². The molecule has 0 atom stereocenters. The average Bonchev–Trinajstić information content (AvgIpc) is 2.35. The predicted molar refractivity (Wildman–Crippen MR) is 45.3 cm³/mol. The summed E-state index contributed by atoms with van der Waals surface area (Å²) in [5, 5.41) is 8.27. The van der Waals surface area contributed by atoms with Crippen molar-refractivity contribution in [2.75, 3.05) is 6.26 Å². The molecule has 11 heavy (non-hydrogen) atoms. The van der Waals surface area contributed by atoms with Crippen molar-refractivity contribution in [2.24, 2.45) is 4.99 Å². The summed E-state index contributed by atoms with van der Waals surface area (Å²) >= 11 is 1.55. The van der Waals surface area contributed by atoms with E-state index in [1.807, 2.05) is 13.2 Å². The molecule has 0 aromatic carbocycles. The van der Waals surface area contributed by atoms with Crippen molar-refractivity contribution in [3.8, 4) is 0 Å². The number of aromatic nitrogens is 2. The number of nitrogens with zero attached hydrogens (tertiary/aromatic N) is 3. The molecule has 0 aliphatic rings. The molecule has 1 aromatic heterocycles. The lowest BCUT2D eigenvalue weighted by atomic mass is 10.8. The third-order valence-corrected chi connectivity index (χ3v) is 1.75. The zero-order chi connectivity index (χ0) is 8.27. The highest BCUT2D eigenvalue weighted by molar-refractivity contribution is 8.13. The first-order chi connectivity index (χ1) is 5.22. The van der Waals surface area contributed by atoms with Crippen LogP contribution in [0, 0.1) is 6.92 Å². The van der Waals surface area contributed by atoms with E-state index in [1.54, 1.807) is 18.7 Å². The lowest BCUT2D eigenvalue weighted by molar-refractivity contribution is 0.529. The Labute approximate surface area is 69.1 Å². The standard InChI is InChI=1S/C6H9N3OS/c1-4-8-9-6(10-4)7-5(2)11-3/h1-3H3. The second-order valence-electron chi connectivity index (χ2n) is 1.94. The molecule has 0 saturated carbocycles. The fraction of sp³-hybridized carbons (Fsp3) is 0.500. The number of rotatable bonds is 1. The number of aryl methyl sites for hydroxylation is 1. The van der Waals surface area contributed by atoms with Crippen LogP contribution < -0.4 is 0 Å². The van der Waals surface area contributed by atoms with Crippen molar-refractivity contribution >= 4 is 22.8 Å². The number of hydrogen-bond donors (Lipinski definition) is 0. The Kier molecular flexibility index (Phi) is 2.64. The van der Waals surface area contributed by atoms with Crippen LogP contribution in [0.2, 0.25) is 0 Å². The summed E-state index contributed by atoms with van der Waals surface area (Å²) in [6.45, 7) is 3.63. The maximum Gasteiger partial charge on any atom is 0.343 e. The smallest absolute Gasteiger partial charge is 0.343 e. The highest BCUT2D eigenvalue weighted by Gasteiger charge is 1.98. The topological polar surface area (TPSA) is 51.3 Å². The Hall–Kier alpha value is -0.840. The van der Waals surface area contributed by atoms with Gasteiger partial charge in [0.25, 0.3) is 0 Å². The van der Waals surface area contributed by atoms with Gasteiger partial charge in [0.1, 0.15) is 0 Å². The molecule has 0 unspecified atom stereocenters. The fourth-order valence-electron chi connectivity index (χ4n) is 0.512. The molecule has 0 aliphatic carbocycles. The monoisotopic (exact) mass is 171 g/mol. The summed E-state index contributed by atoms with van der Waals surface area (Å²) < 4.78 is 5.03. The van der Waals surface area contributed by atoms with Gasteiger partial charge in [-0.15, -0.1) is 16.9 Å². The van der Waals surface area contributed by atoms with Crippen molar-refractivity contribution in [1.29, 1.82) is 0 Å². The molecule has 1 rings (SSSR count). The van der Waals surface area contributed by atoms with Gasteiger partial charge in [-0.25, -0.2) is 0 Å². The number of thioether (sulfide) groups is 1. The van der Waals surface area contributed by atoms with Crippen molar-refractivity contribution < 1.29 is 4.42 Å². The van der Waals surface area contributed by atoms with Crippen LogP contribution in [0.4, 0.5) is 6.01 Å². The van der Waals surface area contributed by atoms with Crippen molar-refractivity contribution in [2.45, 2.75) is 13.8 Å². The van der Waals surface area contributed by atoms with E-state index in [0.717, 1.165) is 5.04 Å². The van der Waals surface area contributed by atoms with Crippen molar-refractivity contribution in [3.05, 3.63) is 5.89 Å². The second kappa shape index (κ2) is 3.52. The Morgan fingerprint density at radius 1 is 1.55 bits per heavy atom. The Morgan fingerprint density at radius 2 is 2.27 bits per heavy atom. The van der Waals surface area contributed by atoms with Crippen LogP contribution in [0.15, 0.2) is 9.41 Å². The van der Waals surface area contributed by atoms with Gasteiger partial charge in [-0.05, 0) is 13.2 Å². The van der Waals surface area contributed by atoms with Gasteiger partial charge in [0, 0.05) is 6.92 Å². The molecule has 0 N–H and O–H groups in total. The molecule has 5 heteroatoms. The van der Waals surface area contributed by atoms with E-state index in [0.29, 0.717) is 11.9 Å². The van der Waals surface area contributed by atoms with Crippen LogP contribution in [-0.2, 0) is 0 Å². The summed E-state index contributed by atoms with van der Waals surface area (Å²) in [7, 11) is 0. The summed E-state index contributed by atoms with van der Waals surface area (Å²) in [5.74, 6) is 0.539. The first-order valence-electron chi connectivity index (χ1n) is 3.12. The van der Waals surface area contributed by atoms with Gasteiger partial charge in [-0.2, -0.15) is 4.99 Å². The van der Waals surface area contributed by atoms with Gasteiger partial charge >= 0.3 is 6.01 Å². The molecule has 4 nitrogen and oxygen atoms in total. The lowest BCUT2D eigenvalue weighted by Gasteiger charge is -1.87. The minimum Gasteiger partial charge on any atom is -0.407 e. The zero-order valence-corrected chi connectivity index (χ0v) is 7.47. The first-order valence-corrected chi connectivity index (χ1v) is 4.34. The maximum atomic E-state index is 5.03. The number of aliphatic imine (C=N–C) groups is 1. The molecule has 0 spiro atoms. The molecule has 0 aliphatic heterocycles. The fourth-order valence-corrected chi connectivity index (χ4v) is 0.681. The Bertz CT molecular complexity index is 269. The molecule has 60 valence electrons. The quantitative estimate of drug-likeness (QED) is 0.477. The van der Waals surface area contributed by atoms with Gasteiger partial charge in [-0.3, -0.25) is 0 Å². The largest absolute Gasteiger partial charge is 0.407 e. The average molecular weight is 171 g/mol. The van der Waals surface area contributed by atoms with Crippen LogP contribution in [0.3, 0.4) is 0 Å². The van der Waals surface area contributed by atoms with Crippen molar-refractivity contribution in [1.82, 2.24) is 10.2 Å². The molecular weight excluding hydrogens is 162 g/mol. The molecule has 0 saturated heterocycles. The molecule has 0 radical (unpaired) electrons. The first kappa shape index (κ1) is 8.26. The zero-order valence-electron chi connectivity index (χ0n) is 6.66. The Morgan fingerprint density at radius 3 is 2.73 bits per heavy atom. The van der Waals surface area contributed by atoms with Gasteiger partial charge in [0.2, 0.25) is 5.89 Å². The summed E-state index contributed by atoms with van der Waals surface area (Å²) in [6, 6.07) is 0.328. The van der Waals surface area contributed by atoms with Gasteiger partial charge < -0.3 is 4.42 Å². The van der Waals surface area contributed by atoms with E-state index >= 15 is 0 Å². The molecule has 0 fully saturated rings. The van der Waals surface area contributed by atoms with Crippen LogP contribution in [0.1, 0.15) is 12.8 Å². The molecule has 0 amide bonds. The maximum absolute atomic E-state index is 5.03. The van der Waals surface area contributed by atoms with E-state index in [2.05, 4.69) is 15.2 Å². The van der Waals surface area contributed by atoms with Crippen molar-refractivity contribution in [3.63, 3.8) is 0 Å². The van der Waals surface area contributed by atoms with Gasteiger partial charge in [-0.1, -0.05) is 5.10 Å². The minimum absolute atomic E-state index is 0.328. The van der Waals surface area contributed by atoms with Crippen LogP contribution >= 0.6 is 11.8 Å². The van der Waals surface area contributed by atoms with Crippen LogP contribution in [0.5, 0.6) is 0 Å². The SMILES string of the molecule is CSC(C)=Nc1nnc(C)o1. The summed E-state index contributed by atoms with van der Waals surface area (Å²) in [4.78, 5) is 4.04. The van der Waals surface area contributed by atoms with E-state index < -0.39 is 0 Å². The lowest BCUT2D eigenvalue weighted by Crippen LogP contribution is -1.78. The predicted octanol–water partition coefficient (Wildman–Crippen LogP) is 1.79. The summed E-state index contributed by atoms with van der Waals surface area (Å²) in [5.41, 5.74) is 0. The second-order valence-corrected chi connectivity index (χ2v) is 2.94. The molecular formula is C6H9N3OS. The van der Waals surface area contributed by atoms with Gasteiger partial charge in [0.05, 0.1) is 5.04 Å². The van der Waals surface area contributed by atoms with E-state index in [4.69, 9.17) is 4.42 Å². The van der Waals surface area contributed by atoms with Gasteiger partial charge in [0.15, 0.2) is 0 Å². The number of hydrogen-bond acceptors (Lipinski definition) is 5. The molecule has 1 heterocycles. The molecule has 0 bridgehead atoms. The van der Waals surface area contributed by atoms with E-state index in [-0.39, 0.29) is 0 Å². The van der Waals surface area contributed by atoms with Crippen LogP contribution in [-0.4, -0.2) is 21.5 Å².